The van der Waals surface area contributed by atoms with Gasteiger partial charge in [0.25, 0.3) is 0 Å². The lowest BCUT2D eigenvalue weighted by Gasteiger charge is -2.16. The minimum atomic E-state index is -1.10. The Bertz CT molecular complexity index is 852. The first kappa shape index (κ1) is 18.7. The van der Waals surface area contributed by atoms with Crippen molar-refractivity contribution < 1.29 is 29.0 Å². The fourth-order valence-corrected chi connectivity index (χ4v) is 3.29. The molecule has 142 valence electrons. The highest BCUT2D eigenvalue weighted by molar-refractivity contribution is 5.97. The SMILES string of the molecule is COC(=O)[C@]1(c2cccc(OCc3cccc(OC)c3)c2)C[C@H]1C(=O)NO. The molecule has 1 aliphatic rings. The lowest BCUT2D eigenvalue weighted by atomic mass is 9.92. The van der Waals surface area contributed by atoms with Gasteiger partial charge in [0.2, 0.25) is 5.91 Å². The standard InChI is InChI=1S/C20H21NO6/c1-25-15-7-3-5-13(9-15)12-27-16-8-4-6-14(10-16)20(19(23)26-2)11-17(20)18(22)21-24/h3-10,17,24H,11-12H2,1-2H3,(H,21,22)/t17-,20-/m0/s1. The number of rotatable bonds is 7. The summed E-state index contributed by atoms with van der Waals surface area (Å²) < 4.78 is 15.9. The van der Waals surface area contributed by atoms with Crippen molar-refractivity contribution in [2.45, 2.75) is 18.4 Å². The molecule has 7 heteroatoms. The number of hydroxylamine groups is 1. The van der Waals surface area contributed by atoms with Crippen molar-refractivity contribution in [1.29, 1.82) is 0 Å². The Balaban J connectivity index is 1.80. The van der Waals surface area contributed by atoms with Crippen molar-refractivity contribution in [3.8, 4) is 11.5 Å². The monoisotopic (exact) mass is 371 g/mol. The molecule has 27 heavy (non-hydrogen) atoms. The van der Waals surface area contributed by atoms with E-state index in [0.29, 0.717) is 17.9 Å². The van der Waals surface area contributed by atoms with E-state index in [9.17, 15) is 9.59 Å². The summed E-state index contributed by atoms with van der Waals surface area (Å²) in [6.45, 7) is 0.326. The van der Waals surface area contributed by atoms with Crippen molar-refractivity contribution in [1.82, 2.24) is 5.48 Å². The van der Waals surface area contributed by atoms with Gasteiger partial charge in [-0.3, -0.25) is 14.8 Å². The zero-order valence-electron chi connectivity index (χ0n) is 15.1. The van der Waals surface area contributed by atoms with Gasteiger partial charge in [0.1, 0.15) is 23.5 Å². The summed E-state index contributed by atoms with van der Waals surface area (Å²) in [6, 6.07) is 14.5. The summed E-state index contributed by atoms with van der Waals surface area (Å²) in [6.07, 6.45) is 0.269. The van der Waals surface area contributed by atoms with E-state index >= 15 is 0 Å². The maximum Gasteiger partial charge on any atom is 0.317 e. The van der Waals surface area contributed by atoms with E-state index in [2.05, 4.69) is 0 Å². The second kappa shape index (κ2) is 7.67. The molecule has 2 aromatic carbocycles. The van der Waals surface area contributed by atoms with E-state index in [1.165, 1.54) is 7.11 Å². The predicted molar refractivity (Wildman–Crippen MR) is 95.5 cm³/mol. The number of hydrogen-bond acceptors (Lipinski definition) is 6. The van der Waals surface area contributed by atoms with Crippen LogP contribution in [-0.2, 0) is 26.3 Å². The number of carbonyl (C=O) groups excluding carboxylic acids is 2. The molecule has 1 amide bonds. The smallest absolute Gasteiger partial charge is 0.317 e. The third kappa shape index (κ3) is 3.59. The normalized spacial score (nSPS) is 20.5. The zero-order valence-corrected chi connectivity index (χ0v) is 15.1. The number of benzene rings is 2. The molecule has 1 fully saturated rings. The Hall–Kier alpha value is -3.06. The molecule has 0 aromatic heterocycles. The summed E-state index contributed by atoms with van der Waals surface area (Å²) in [5.41, 5.74) is 2.07. The Morgan fingerprint density at radius 3 is 2.59 bits per heavy atom. The highest BCUT2D eigenvalue weighted by Gasteiger charge is 2.65. The molecule has 7 nitrogen and oxygen atoms in total. The number of methoxy groups -OCH3 is 2. The van der Waals surface area contributed by atoms with Gasteiger partial charge in [-0.25, -0.2) is 5.48 Å². The largest absolute Gasteiger partial charge is 0.497 e. The van der Waals surface area contributed by atoms with Crippen molar-refractivity contribution in [2.75, 3.05) is 14.2 Å². The second-order valence-electron chi connectivity index (χ2n) is 6.36. The minimum absolute atomic E-state index is 0.269. The molecule has 2 atom stereocenters. The molecule has 0 bridgehead atoms. The lowest BCUT2D eigenvalue weighted by molar-refractivity contribution is -0.146. The molecule has 2 N–H and O–H groups in total. The summed E-state index contributed by atoms with van der Waals surface area (Å²) in [5.74, 6) is -0.494. The van der Waals surface area contributed by atoms with Crippen LogP contribution in [0.2, 0.25) is 0 Å². The van der Waals surface area contributed by atoms with E-state index in [1.54, 1.807) is 36.9 Å². The fourth-order valence-electron chi connectivity index (χ4n) is 3.29. The average molecular weight is 371 g/mol. The topological polar surface area (TPSA) is 94.1 Å². The van der Waals surface area contributed by atoms with Gasteiger partial charge in [-0.05, 0) is 41.8 Å². The summed E-state index contributed by atoms with van der Waals surface area (Å²) >= 11 is 0. The van der Waals surface area contributed by atoms with Crippen molar-refractivity contribution in [2.24, 2.45) is 5.92 Å². The molecule has 0 unspecified atom stereocenters. The molecule has 0 radical (unpaired) electrons. The molecule has 1 aliphatic carbocycles. The summed E-state index contributed by atoms with van der Waals surface area (Å²) in [5, 5.41) is 8.90. The van der Waals surface area contributed by atoms with Crippen LogP contribution in [-0.4, -0.2) is 31.3 Å². The van der Waals surface area contributed by atoms with E-state index < -0.39 is 23.2 Å². The van der Waals surface area contributed by atoms with Crippen LogP contribution in [0, 0.1) is 5.92 Å². The minimum Gasteiger partial charge on any atom is -0.497 e. The van der Waals surface area contributed by atoms with Gasteiger partial charge in [-0.2, -0.15) is 0 Å². The Kier molecular flexibility index (Phi) is 5.32. The number of hydrogen-bond donors (Lipinski definition) is 2. The van der Waals surface area contributed by atoms with Crippen LogP contribution in [0.25, 0.3) is 0 Å². The van der Waals surface area contributed by atoms with Gasteiger partial charge < -0.3 is 14.2 Å². The summed E-state index contributed by atoms with van der Waals surface area (Å²) in [7, 11) is 2.88. The maximum atomic E-state index is 12.3. The molecule has 1 saturated carbocycles. The van der Waals surface area contributed by atoms with Gasteiger partial charge in [-0.1, -0.05) is 24.3 Å². The molecule has 0 saturated heterocycles. The predicted octanol–water partition coefficient (Wildman–Crippen LogP) is 2.21. The Morgan fingerprint density at radius 1 is 1.15 bits per heavy atom. The number of carbonyl (C=O) groups is 2. The van der Waals surface area contributed by atoms with Crippen LogP contribution in [0.3, 0.4) is 0 Å². The second-order valence-corrected chi connectivity index (χ2v) is 6.36. The van der Waals surface area contributed by atoms with E-state index in [0.717, 1.165) is 11.3 Å². The molecule has 0 heterocycles. The first-order chi connectivity index (χ1) is 13.0. The average Bonchev–Trinajstić information content (AvgIpc) is 3.48. The van der Waals surface area contributed by atoms with E-state index in [1.807, 2.05) is 24.3 Å². The van der Waals surface area contributed by atoms with Crippen LogP contribution in [0.4, 0.5) is 0 Å². The van der Waals surface area contributed by atoms with Gasteiger partial charge >= 0.3 is 5.97 Å². The van der Waals surface area contributed by atoms with Crippen LogP contribution in [0.15, 0.2) is 48.5 Å². The molecule has 0 aliphatic heterocycles. The highest BCUT2D eigenvalue weighted by atomic mass is 16.5. The van der Waals surface area contributed by atoms with Crippen LogP contribution < -0.4 is 15.0 Å². The van der Waals surface area contributed by atoms with Gasteiger partial charge in [0.15, 0.2) is 0 Å². The van der Waals surface area contributed by atoms with Gasteiger partial charge in [-0.15, -0.1) is 0 Å². The molecular formula is C20H21NO6. The third-order valence-corrected chi connectivity index (χ3v) is 4.83. The lowest BCUT2D eigenvalue weighted by Crippen LogP contribution is -2.31. The molecule has 0 spiro atoms. The Labute approximate surface area is 156 Å². The molecule has 2 aromatic rings. The molecule has 3 rings (SSSR count). The number of ether oxygens (including phenoxy) is 3. The fraction of sp³-hybridized carbons (Fsp3) is 0.300. The Morgan fingerprint density at radius 2 is 1.89 bits per heavy atom. The van der Waals surface area contributed by atoms with Crippen LogP contribution >= 0.6 is 0 Å². The number of esters is 1. The van der Waals surface area contributed by atoms with Gasteiger partial charge in [0, 0.05) is 0 Å². The number of nitrogens with one attached hydrogen (secondary N) is 1. The molecular weight excluding hydrogens is 350 g/mol. The third-order valence-electron chi connectivity index (χ3n) is 4.83. The van der Waals surface area contributed by atoms with Gasteiger partial charge in [0.05, 0.1) is 20.1 Å². The van der Waals surface area contributed by atoms with Crippen LogP contribution in [0.1, 0.15) is 17.5 Å². The number of amides is 1. The highest BCUT2D eigenvalue weighted by Crippen LogP contribution is 2.55. The van der Waals surface area contributed by atoms with E-state index in [4.69, 9.17) is 19.4 Å². The quantitative estimate of drug-likeness (QED) is 0.440. The summed E-state index contributed by atoms with van der Waals surface area (Å²) in [4.78, 5) is 24.2. The first-order valence-electron chi connectivity index (χ1n) is 8.43. The van der Waals surface area contributed by atoms with Crippen molar-refractivity contribution in [3.63, 3.8) is 0 Å². The van der Waals surface area contributed by atoms with E-state index in [-0.39, 0.29) is 6.42 Å². The van der Waals surface area contributed by atoms with Crippen molar-refractivity contribution in [3.05, 3.63) is 59.7 Å². The maximum absolute atomic E-state index is 12.3. The van der Waals surface area contributed by atoms with Crippen LogP contribution in [0.5, 0.6) is 11.5 Å². The first-order valence-corrected chi connectivity index (χ1v) is 8.43. The van der Waals surface area contributed by atoms with Crippen molar-refractivity contribution >= 4 is 11.9 Å². The zero-order chi connectivity index (χ0) is 19.4.